The molecule has 4 nitrogen and oxygen atoms in total. The fourth-order valence-electron chi connectivity index (χ4n) is 4.65. The molecule has 0 saturated heterocycles. The summed E-state index contributed by atoms with van der Waals surface area (Å²) in [7, 11) is 0. The van der Waals surface area contributed by atoms with Gasteiger partial charge in [0.2, 0.25) is 0 Å². The van der Waals surface area contributed by atoms with Crippen molar-refractivity contribution >= 4 is 17.5 Å². The van der Waals surface area contributed by atoms with Gasteiger partial charge in [0.05, 0.1) is 6.10 Å². The van der Waals surface area contributed by atoms with Crippen molar-refractivity contribution in [2.75, 3.05) is 0 Å². The third-order valence-electron chi connectivity index (χ3n) is 5.92. The highest BCUT2D eigenvalue weighted by atomic mass is 16.5. The number of nitrogens with zero attached hydrogens (tertiary/aromatic N) is 1. The first-order valence-corrected chi connectivity index (χ1v) is 10.6. The Hall–Kier alpha value is -3.01. The van der Waals surface area contributed by atoms with Crippen LogP contribution in [0.15, 0.2) is 76.9 Å². The van der Waals surface area contributed by atoms with Gasteiger partial charge in [-0.1, -0.05) is 60.7 Å². The zero-order chi connectivity index (χ0) is 21.3. The van der Waals surface area contributed by atoms with E-state index in [0.717, 1.165) is 22.5 Å². The Labute approximate surface area is 177 Å². The van der Waals surface area contributed by atoms with Crippen LogP contribution in [-0.2, 0) is 14.3 Å². The second kappa shape index (κ2) is 8.39. The fourth-order valence-corrected chi connectivity index (χ4v) is 4.65. The highest BCUT2D eigenvalue weighted by Crippen LogP contribution is 2.46. The van der Waals surface area contributed by atoms with E-state index in [0.29, 0.717) is 18.4 Å². The van der Waals surface area contributed by atoms with Crippen LogP contribution >= 0.6 is 0 Å². The molecule has 4 heteroatoms. The molecule has 30 heavy (non-hydrogen) atoms. The summed E-state index contributed by atoms with van der Waals surface area (Å²) in [5.41, 5.74) is 4.33. The quantitative estimate of drug-likeness (QED) is 0.661. The molecule has 0 radical (unpaired) electrons. The molecule has 1 unspecified atom stereocenters. The largest absolute Gasteiger partial charge is 0.462 e. The molecule has 0 fully saturated rings. The van der Waals surface area contributed by atoms with E-state index in [1.807, 2.05) is 69.3 Å². The van der Waals surface area contributed by atoms with Gasteiger partial charge in [-0.05, 0) is 44.2 Å². The average Bonchev–Trinajstić information content (AvgIpc) is 2.73. The van der Waals surface area contributed by atoms with Crippen LogP contribution in [0.4, 0.5) is 0 Å². The summed E-state index contributed by atoms with van der Waals surface area (Å²) >= 11 is 0. The van der Waals surface area contributed by atoms with E-state index in [1.165, 1.54) is 0 Å². The van der Waals surface area contributed by atoms with Gasteiger partial charge in [0.1, 0.15) is 5.92 Å². The van der Waals surface area contributed by atoms with Crippen LogP contribution in [0.25, 0.3) is 0 Å². The van der Waals surface area contributed by atoms with E-state index in [4.69, 9.17) is 9.73 Å². The van der Waals surface area contributed by atoms with E-state index >= 15 is 0 Å². The standard InChI is InChI=1S/C26H27NO3/c1-16(2)30-26(29)23-17(3)27-21-14-20(18-10-6-4-7-11-18)15-22(28)25(21)24(23)19-12-8-5-9-13-19/h4-13,16,20,23-24H,14-15H2,1-3H3/t20-,23?,24-/m0/s1. The molecule has 1 aliphatic heterocycles. The maximum atomic E-state index is 13.4. The van der Waals surface area contributed by atoms with Gasteiger partial charge in [-0.3, -0.25) is 14.6 Å². The van der Waals surface area contributed by atoms with E-state index in [9.17, 15) is 9.59 Å². The van der Waals surface area contributed by atoms with E-state index in [2.05, 4.69) is 12.1 Å². The van der Waals surface area contributed by atoms with Crippen molar-refractivity contribution in [1.82, 2.24) is 0 Å². The molecule has 0 amide bonds. The summed E-state index contributed by atoms with van der Waals surface area (Å²) in [6, 6.07) is 19.9. The number of hydrogen-bond acceptors (Lipinski definition) is 4. The van der Waals surface area contributed by atoms with Crippen LogP contribution in [0.5, 0.6) is 0 Å². The molecule has 0 spiro atoms. The molecule has 154 valence electrons. The SMILES string of the molecule is CC1=NC2=C(C(=O)C[C@@H](c3ccccc3)C2)[C@@H](c2ccccc2)C1C(=O)OC(C)C. The van der Waals surface area contributed by atoms with Crippen LogP contribution in [-0.4, -0.2) is 23.6 Å². The number of ether oxygens (including phenoxy) is 1. The second-order valence-electron chi connectivity index (χ2n) is 8.40. The van der Waals surface area contributed by atoms with Crippen molar-refractivity contribution < 1.29 is 14.3 Å². The van der Waals surface area contributed by atoms with E-state index in [1.54, 1.807) is 0 Å². The Morgan fingerprint density at radius 1 is 0.967 bits per heavy atom. The smallest absolute Gasteiger partial charge is 0.315 e. The van der Waals surface area contributed by atoms with E-state index < -0.39 is 5.92 Å². The number of esters is 1. The summed E-state index contributed by atoms with van der Waals surface area (Å²) in [6.07, 6.45) is 0.923. The molecular formula is C26H27NO3. The highest BCUT2D eigenvalue weighted by molar-refractivity contribution is 6.09. The Kier molecular flexibility index (Phi) is 5.67. The van der Waals surface area contributed by atoms with Gasteiger partial charge in [0.25, 0.3) is 0 Å². The Morgan fingerprint density at radius 2 is 1.57 bits per heavy atom. The van der Waals surface area contributed by atoms with Crippen LogP contribution in [0.1, 0.15) is 56.6 Å². The normalized spacial score (nSPS) is 23.8. The molecule has 2 aromatic carbocycles. The van der Waals surface area contributed by atoms with Crippen molar-refractivity contribution in [2.24, 2.45) is 10.9 Å². The third kappa shape index (κ3) is 3.87. The highest BCUT2D eigenvalue weighted by Gasteiger charge is 2.44. The Bertz CT molecular complexity index is 1010. The van der Waals surface area contributed by atoms with Crippen LogP contribution < -0.4 is 0 Å². The van der Waals surface area contributed by atoms with Crippen molar-refractivity contribution in [3.63, 3.8) is 0 Å². The first kappa shape index (κ1) is 20.3. The van der Waals surface area contributed by atoms with Gasteiger partial charge in [-0.2, -0.15) is 0 Å². The lowest BCUT2D eigenvalue weighted by Crippen LogP contribution is -2.38. The number of allylic oxidation sites excluding steroid dienone is 2. The number of aliphatic imine (C=N–C) groups is 1. The van der Waals surface area contributed by atoms with Crippen LogP contribution in [0.2, 0.25) is 0 Å². The monoisotopic (exact) mass is 401 g/mol. The molecule has 0 N–H and O–H groups in total. The minimum Gasteiger partial charge on any atom is -0.462 e. The average molecular weight is 402 g/mol. The minimum absolute atomic E-state index is 0.0811. The van der Waals surface area contributed by atoms with Gasteiger partial charge in [-0.15, -0.1) is 0 Å². The van der Waals surface area contributed by atoms with Gasteiger partial charge in [0, 0.05) is 29.3 Å². The predicted molar refractivity (Wildman–Crippen MR) is 117 cm³/mol. The third-order valence-corrected chi connectivity index (χ3v) is 5.92. The maximum Gasteiger partial charge on any atom is 0.315 e. The lowest BCUT2D eigenvalue weighted by atomic mass is 9.69. The van der Waals surface area contributed by atoms with Crippen molar-refractivity contribution in [3.05, 3.63) is 83.1 Å². The molecule has 1 heterocycles. The van der Waals surface area contributed by atoms with E-state index in [-0.39, 0.29) is 29.7 Å². The molecule has 4 rings (SSSR count). The molecule has 2 aliphatic rings. The van der Waals surface area contributed by atoms with Crippen molar-refractivity contribution in [2.45, 2.75) is 51.6 Å². The van der Waals surface area contributed by atoms with Crippen LogP contribution in [0, 0.1) is 5.92 Å². The molecule has 2 aromatic rings. The number of hydrogen-bond donors (Lipinski definition) is 0. The van der Waals surface area contributed by atoms with Gasteiger partial charge >= 0.3 is 5.97 Å². The van der Waals surface area contributed by atoms with Gasteiger partial charge in [0.15, 0.2) is 5.78 Å². The second-order valence-corrected chi connectivity index (χ2v) is 8.40. The maximum absolute atomic E-state index is 13.4. The molecule has 0 aromatic heterocycles. The number of benzene rings is 2. The summed E-state index contributed by atoms with van der Waals surface area (Å²) < 4.78 is 5.56. The summed E-state index contributed by atoms with van der Waals surface area (Å²) in [5.74, 6) is -1.05. The first-order valence-electron chi connectivity index (χ1n) is 10.6. The fraction of sp³-hybridized carbons (Fsp3) is 0.346. The number of carbonyl (C=O) groups excluding carboxylic acids is 2. The molecule has 0 saturated carbocycles. The topological polar surface area (TPSA) is 55.7 Å². The van der Waals surface area contributed by atoms with Gasteiger partial charge < -0.3 is 4.74 Å². The number of carbonyl (C=O) groups is 2. The van der Waals surface area contributed by atoms with Crippen LogP contribution in [0.3, 0.4) is 0 Å². The minimum atomic E-state index is -0.578. The lowest BCUT2D eigenvalue weighted by Gasteiger charge is -2.36. The Balaban J connectivity index is 1.78. The number of Topliss-reactive ketones (excluding diaryl/α,β-unsaturated/α-hetero) is 1. The van der Waals surface area contributed by atoms with Crippen molar-refractivity contribution in [1.29, 1.82) is 0 Å². The van der Waals surface area contributed by atoms with Gasteiger partial charge in [-0.25, -0.2) is 0 Å². The summed E-state index contributed by atoms with van der Waals surface area (Å²) in [5, 5.41) is 0. The summed E-state index contributed by atoms with van der Waals surface area (Å²) in [6.45, 7) is 5.56. The molecule has 1 aliphatic carbocycles. The predicted octanol–water partition coefficient (Wildman–Crippen LogP) is 5.21. The molecular weight excluding hydrogens is 374 g/mol. The molecule has 0 bridgehead atoms. The summed E-state index contributed by atoms with van der Waals surface area (Å²) in [4.78, 5) is 31.2. The zero-order valence-corrected chi connectivity index (χ0v) is 17.7. The number of rotatable bonds is 4. The number of ketones is 1. The zero-order valence-electron chi connectivity index (χ0n) is 17.7. The molecule has 3 atom stereocenters. The Morgan fingerprint density at radius 3 is 2.17 bits per heavy atom. The lowest BCUT2D eigenvalue weighted by molar-refractivity contribution is -0.150. The van der Waals surface area contributed by atoms with Crippen molar-refractivity contribution in [3.8, 4) is 0 Å². The first-order chi connectivity index (χ1) is 14.5.